The maximum absolute atomic E-state index is 12.6. The van der Waals surface area contributed by atoms with Crippen LogP contribution in [0, 0.1) is 0 Å². The van der Waals surface area contributed by atoms with Gasteiger partial charge in [0.2, 0.25) is 0 Å². The second kappa shape index (κ2) is 9.07. The summed E-state index contributed by atoms with van der Waals surface area (Å²) in [5.41, 5.74) is 1.24. The third-order valence-electron chi connectivity index (χ3n) is 6.50. The highest BCUT2D eigenvalue weighted by Gasteiger charge is 2.50. The van der Waals surface area contributed by atoms with Crippen molar-refractivity contribution in [1.29, 1.82) is 0 Å². The number of benzene rings is 3. The van der Waals surface area contributed by atoms with Crippen LogP contribution in [0.15, 0.2) is 78.9 Å². The van der Waals surface area contributed by atoms with Crippen molar-refractivity contribution in [3.8, 4) is 11.1 Å². The molecule has 5 rings (SSSR count). The van der Waals surface area contributed by atoms with Gasteiger partial charge in [-0.2, -0.15) is 0 Å². The molecular weight excluding hydrogens is 448 g/mol. The van der Waals surface area contributed by atoms with Crippen LogP contribution < -0.4 is 5.32 Å². The molecule has 1 saturated heterocycles. The van der Waals surface area contributed by atoms with Gasteiger partial charge in [0, 0.05) is 5.56 Å². The normalized spacial score (nSPS) is 23.4. The number of fused-ring (bicyclic) bond motifs is 1. The number of nitrogens with zero attached hydrogens (tertiary/aromatic N) is 1. The van der Waals surface area contributed by atoms with E-state index in [0.29, 0.717) is 16.7 Å². The number of nitrogens with one attached hydrogen (secondary N) is 1. The number of ether oxygens (including phenoxy) is 1. The Morgan fingerprint density at radius 1 is 0.914 bits per heavy atom. The Bertz CT molecular complexity index is 1240. The van der Waals surface area contributed by atoms with Crippen LogP contribution >= 0.6 is 0 Å². The highest BCUT2D eigenvalue weighted by atomic mass is 16.5. The number of amides is 3. The number of hydrogen-bond acceptors (Lipinski definition) is 6. The summed E-state index contributed by atoms with van der Waals surface area (Å²) in [6.45, 7) is -0.716. The van der Waals surface area contributed by atoms with Gasteiger partial charge in [-0.25, -0.2) is 0 Å². The first-order valence-electron chi connectivity index (χ1n) is 11.3. The summed E-state index contributed by atoms with van der Waals surface area (Å²) >= 11 is 0. The van der Waals surface area contributed by atoms with E-state index in [0.717, 1.165) is 16.0 Å². The smallest absolute Gasteiger partial charge is 0.261 e. The minimum Gasteiger partial charge on any atom is -0.387 e. The molecule has 2 heterocycles. The average Bonchev–Trinajstić information content (AvgIpc) is 3.31. The monoisotopic (exact) mass is 472 g/mol. The van der Waals surface area contributed by atoms with Crippen molar-refractivity contribution in [3.05, 3.63) is 95.6 Å². The summed E-state index contributed by atoms with van der Waals surface area (Å²) in [6.07, 6.45) is -2.39. The molecular formula is C27H24N2O6. The fourth-order valence-corrected chi connectivity index (χ4v) is 4.45. The number of aliphatic hydroxyl groups is 2. The highest BCUT2D eigenvalue weighted by molar-refractivity contribution is 6.21. The highest BCUT2D eigenvalue weighted by Crippen LogP contribution is 2.29. The third kappa shape index (κ3) is 4.23. The maximum atomic E-state index is 12.6. The van der Waals surface area contributed by atoms with Crippen LogP contribution in [0.1, 0.15) is 31.1 Å². The lowest BCUT2D eigenvalue weighted by molar-refractivity contribution is -0.0484. The quantitative estimate of drug-likeness (QED) is 0.472. The van der Waals surface area contributed by atoms with E-state index in [9.17, 15) is 24.6 Å². The second-order valence-electron chi connectivity index (χ2n) is 8.79. The molecule has 1 fully saturated rings. The molecule has 178 valence electrons. The maximum Gasteiger partial charge on any atom is 0.261 e. The first-order valence-corrected chi connectivity index (χ1v) is 11.3. The van der Waals surface area contributed by atoms with E-state index in [4.69, 9.17) is 4.74 Å². The first-order chi connectivity index (χ1) is 16.9. The zero-order valence-electron chi connectivity index (χ0n) is 18.8. The average molecular weight is 472 g/mol. The molecule has 0 bridgehead atoms. The molecule has 3 N–H and O–H groups in total. The van der Waals surface area contributed by atoms with Crippen molar-refractivity contribution in [2.45, 2.75) is 17.8 Å². The molecule has 3 aromatic carbocycles. The number of carbonyl (C=O) groups excluding carboxylic acids is 3. The Morgan fingerprint density at radius 2 is 1.49 bits per heavy atom. The van der Waals surface area contributed by atoms with Gasteiger partial charge < -0.3 is 20.3 Å². The molecule has 0 unspecified atom stereocenters. The van der Waals surface area contributed by atoms with Gasteiger partial charge in [0.1, 0.15) is 17.8 Å². The lowest BCUT2D eigenvalue weighted by atomic mass is 9.96. The number of carbonyl (C=O) groups is 3. The van der Waals surface area contributed by atoms with E-state index in [1.54, 1.807) is 36.4 Å². The number of imide groups is 1. The lowest BCUT2D eigenvalue weighted by Crippen LogP contribution is -2.54. The fourth-order valence-electron chi connectivity index (χ4n) is 4.45. The minimum atomic E-state index is -1.76. The molecule has 3 aromatic rings. The Morgan fingerprint density at radius 3 is 2.11 bits per heavy atom. The summed E-state index contributed by atoms with van der Waals surface area (Å²) < 4.78 is 5.54. The van der Waals surface area contributed by atoms with Crippen LogP contribution in [-0.2, 0) is 4.74 Å². The second-order valence-corrected chi connectivity index (χ2v) is 8.79. The zero-order valence-corrected chi connectivity index (χ0v) is 18.8. The van der Waals surface area contributed by atoms with Crippen molar-refractivity contribution in [2.75, 3.05) is 19.7 Å². The molecule has 35 heavy (non-hydrogen) atoms. The molecule has 0 radical (unpaired) electrons. The Kier molecular flexibility index (Phi) is 5.94. The molecule has 8 heteroatoms. The van der Waals surface area contributed by atoms with Crippen LogP contribution in [0.3, 0.4) is 0 Å². The van der Waals surface area contributed by atoms with Gasteiger partial charge in [0.25, 0.3) is 17.7 Å². The summed E-state index contributed by atoms with van der Waals surface area (Å²) in [7, 11) is 0. The SMILES string of the molecule is O=C(NC[C@]1(O)CO[C@H](CN2C(=O)c3ccccc3C2=O)[C@H]1O)c1ccc(-c2ccccc2)cc1. The van der Waals surface area contributed by atoms with E-state index < -0.39 is 35.5 Å². The van der Waals surface area contributed by atoms with Crippen LogP contribution in [0.2, 0.25) is 0 Å². The van der Waals surface area contributed by atoms with Gasteiger partial charge in [-0.3, -0.25) is 19.3 Å². The van der Waals surface area contributed by atoms with Gasteiger partial charge in [-0.1, -0.05) is 54.6 Å². The van der Waals surface area contributed by atoms with Crippen LogP contribution in [0.4, 0.5) is 0 Å². The van der Waals surface area contributed by atoms with Gasteiger partial charge in [-0.05, 0) is 35.4 Å². The van der Waals surface area contributed by atoms with Crippen molar-refractivity contribution in [2.24, 2.45) is 0 Å². The van der Waals surface area contributed by atoms with Gasteiger partial charge in [-0.15, -0.1) is 0 Å². The molecule has 3 amide bonds. The van der Waals surface area contributed by atoms with E-state index in [1.807, 2.05) is 42.5 Å². The topological polar surface area (TPSA) is 116 Å². The number of aliphatic hydroxyl groups excluding tert-OH is 1. The largest absolute Gasteiger partial charge is 0.387 e. The van der Waals surface area contributed by atoms with Crippen molar-refractivity contribution in [3.63, 3.8) is 0 Å². The van der Waals surface area contributed by atoms with Crippen LogP contribution in [-0.4, -0.2) is 70.3 Å². The summed E-state index contributed by atoms with van der Waals surface area (Å²) in [4.78, 5) is 38.8. The standard InChI is InChI=1S/C27H24N2O6/c30-23-22(14-29-25(32)20-8-4-5-9-21(20)26(29)33)35-16-27(23,34)15-28-24(31)19-12-10-18(11-13-19)17-6-2-1-3-7-17/h1-13,22-23,30,34H,14-16H2,(H,28,31)/t22-,23-,27+/m1/s1. The van der Waals surface area contributed by atoms with E-state index in [1.165, 1.54) is 0 Å². The molecule has 0 saturated carbocycles. The molecule has 8 nitrogen and oxygen atoms in total. The van der Waals surface area contributed by atoms with Crippen LogP contribution in [0.5, 0.6) is 0 Å². The van der Waals surface area contributed by atoms with E-state index >= 15 is 0 Å². The summed E-state index contributed by atoms with van der Waals surface area (Å²) in [6, 6.07) is 23.3. The molecule has 2 aliphatic heterocycles. The summed E-state index contributed by atoms with van der Waals surface area (Å²) in [5.74, 6) is -1.35. The van der Waals surface area contributed by atoms with Gasteiger partial charge >= 0.3 is 0 Å². The molecule has 3 atom stereocenters. The fraction of sp³-hybridized carbons (Fsp3) is 0.222. The van der Waals surface area contributed by atoms with E-state index in [-0.39, 0.29) is 19.7 Å². The Hall–Kier alpha value is -3.85. The van der Waals surface area contributed by atoms with Crippen molar-refractivity contribution < 1.29 is 29.3 Å². The van der Waals surface area contributed by atoms with Crippen LogP contribution in [0.25, 0.3) is 11.1 Å². The van der Waals surface area contributed by atoms with Gasteiger partial charge in [0.05, 0.1) is 30.8 Å². The predicted molar refractivity (Wildman–Crippen MR) is 127 cm³/mol. The lowest BCUT2D eigenvalue weighted by Gasteiger charge is -2.27. The minimum absolute atomic E-state index is 0.204. The van der Waals surface area contributed by atoms with Crippen molar-refractivity contribution >= 4 is 17.7 Å². The van der Waals surface area contributed by atoms with Crippen molar-refractivity contribution in [1.82, 2.24) is 10.2 Å². The summed E-state index contributed by atoms with van der Waals surface area (Å²) in [5, 5.41) is 24.3. The number of hydrogen-bond donors (Lipinski definition) is 3. The molecule has 0 spiro atoms. The van der Waals surface area contributed by atoms with Gasteiger partial charge in [0.15, 0.2) is 0 Å². The first kappa shape index (κ1) is 22.9. The Balaban J connectivity index is 1.20. The third-order valence-corrected chi connectivity index (χ3v) is 6.50. The van der Waals surface area contributed by atoms with E-state index in [2.05, 4.69) is 5.32 Å². The molecule has 0 aliphatic carbocycles. The molecule has 2 aliphatic rings. The molecule has 0 aromatic heterocycles. The zero-order chi connectivity index (χ0) is 24.6. The Labute approximate surface area is 201 Å². The number of rotatable bonds is 6. The predicted octanol–water partition coefficient (Wildman–Crippen LogP) is 1.87.